The van der Waals surface area contributed by atoms with E-state index < -0.39 is 5.97 Å². The van der Waals surface area contributed by atoms with Crippen molar-refractivity contribution < 1.29 is 14.7 Å². The van der Waals surface area contributed by atoms with E-state index in [0.29, 0.717) is 6.54 Å². The molecule has 1 rings (SSSR count). The topological polar surface area (TPSA) is 83.6 Å². The molecular weight excluding hydrogens is 244 g/mol. The van der Waals surface area contributed by atoms with Crippen molar-refractivity contribution in [3.05, 3.63) is 48.0 Å². The summed E-state index contributed by atoms with van der Waals surface area (Å²) in [5, 5.41) is 8.78. The van der Waals surface area contributed by atoms with Gasteiger partial charge in [0, 0.05) is 13.1 Å². The summed E-state index contributed by atoms with van der Waals surface area (Å²) >= 11 is 0. The van der Waals surface area contributed by atoms with Gasteiger partial charge in [-0.15, -0.1) is 6.58 Å². The average Bonchev–Trinajstić information content (AvgIpc) is 2.38. The lowest BCUT2D eigenvalue weighted by Crippen LogP contribution is -2.37. The average molecular weight is 262 g/mol. The number of nitrogens with two attached hydrogens (primary N) is 1. The number of benzene rings is 1. The molecule has 1 amide bonds. The first kappa shape index (κ1) is 14.9. The third kappa shape index (κ3) is 4.56. The van der Waals surface area contributed by atoms with E-state index in [0.717, 1.165) is 11.1 Å². The molecule has 5 nitrogen and oxygen atoms in total. The monoisotopic (exact) mass is 262 g/mol. The Morgan fingerprint density at radius 3 is 2.47 bits per heavy atom. The van der Waals surface area contributed by atoms with Crippen LogP contribution in [0.2, 0.25) is 0 Å². The quantitative estimate of drug-likeness (QED) is 0.711. The van der Waals surface area contributed by atoms with E-state index >= 15 is 0 Å². The van der Waals surface area contributed by atoms with Crippen LogP contribution in [0.5, 0.6) is 0 Å². The van der Waals surface area contributed by atoms with Crippen LogP contribution in [-0.2, 0) is 22.6 Å². The molecule has 3 N–H and O–H groups in total. The number of hydrogen-bond donors (Lipinski definition) is 2. The van der Waals surface area contributed by atoms with Crippen LogP contribution in [0.25, 0.3) is 0 Å². The van der Waals surface area contributed by atoms with Crippen molar-refractivity contribution >= 4 is 11.9 Å². The minimum atomic E-state index is -1.04. The van der Waals surface area contributed by atoms with Gasteiger partial charge in [0.05, 0.1) is 6.42 Å². The van der Waals surface area contributed by atoms with Crippen LogP contribution in [0.3, 0.4) is 0 Å². The lowest BCUT2D eigenvalue weighted by molar-refractivity contribution is -0.143. The molecule has 0 unspecified atom stereocenters. The van der Waals surface area contributed by atoms with Crippen molar-refractivity contribution in [3.8, 4) is 0 Å². The van der Waals surface area contributed by atoms with E-state index in [4.69, 9.17) is 10.8 Å². The lowest BCUT2D eigenvalue weighted by atomic mass is 10.0. The standard InChI is InChI=1S/C14H18N2O3/c1-2-7-16(10-14(18)19)13(17)8-11-5-3-4-6-12(11)9-15/h2-6H,1,7-10,15H2,(H,18,19). The van der Waals surface area contributed by atoms with Gasteiger partial charge in [0.25, 0.3) is 0 Å². The molecule has 102 valence electrons. The van der Waals surface area contributed by atoms with Crippen molar-refractivity contribution in [2.45, 2.75) is 13.0 Å². The summed E-state index contributed by atoms with van der Waals surface area (Å²) in [6.07, 6.45) is 1.66. The minimum Gasteiger partial charge on any atom is -0.480 e. The Balaban J connectivity index is 2.80. The first-order valence-electron chi connectivity index (χ1n) is 5.95. The number of hydrogen-bond acceptors (Lipinski definition) is 3. The smallest absolute Gasteiger partial charge is 0.323 e. The molecule has 0 saturated carbocycles. The Morgan fingerprint density at radius 1 is 1.32 bits per heavy atom. The molecule has 0 spiro atoms. The highest BCUT2D eigenvalue weighted by Crippen LogP contribution is 2.10. The van der Waals surface area contributed by atoms with Gasteiger partial charge in [0.1, 0.15) is 6.54 Å². The van der Waals surface area contributed by atoms with E-state index in [1.165, 1.54) is 11.0 Å². The summed E-state index contributed by atoms with van der Waals surface area (Å²) in [4.78, 5) is 24.0. The van der Waals surface area contributed by atoms with Crippen LogP contribution in [0.15, 0.2) is 36.9 Å². The third-order valence-corrected chi connectivity index (χ3v) is 2.71. The van der Waals surface area contributed by atoms with Crippen LogP contribution in [-0.4, -0.2) is 35.0 Å². The predicted octanol–water partition coefficient (Wildman–Crippen LogP) is 0.787. The molecule has 1 aromatic carbocycles. The van der Waals surface area contributed by atoms with E-state index in [1.807, 2.05) is 24.3 Å². The molecule has 19 heavy (non-hydrogen) atoms. The predicted molar refractivity (Wildman–Crippen MR) is 72.5 cm³/mol. The largest absolute Gasteiger partial charge is 0.480 e. The minimum absolute atomic E-state index is 0.147. The number of amides is 1. The first-order chi connectivity index (χ1) is 9.08. The second kappa shape index (κ2) is 7.33. The second-order valence-electron chi connectivity index (χ2n) is 4.11. The molecule has 0 fully saturated rings. The Labute approximate surface area is 112 Å². The summed E-state index contributed by atoms with van der Waals surface area (Å²) in [6, 6.07) is 7.37. The van der Waals surface area contributed by atoms with Crippen molar-refractivity contribution in [2.24, 2.45) is 5.73 Å². The molecule has 0 aliphatic rings. The maximum atomic E-state index is 12.1. The summed E-state index contributed by atoms with van der Waals surface area (Å²) in [5.41, 5.74) is 7.33. The molecule has 0 atom stereocenters. The number of carbonyl (C=O) groups excluding carboxylic acids is 1. The van der Waals surface area contributed by atoms with Gasteiger partial charge in [-0.05, 0) is 11.1 Å². The fraction of sp³-hybridized carbons (Fsp3) is 0.286. The van der Waals surface area contributed by atoms with Crippen molar-refractivity contribution in [3.63, 3.8) is 0 Å². The van der Waals surface area contributed by atoms with Gasteiger partial charge < -0.3 is 15.7 Å². The molecule has 5 heteroatoms. The molecule has 0 saturated heterocycles. The maximum Gasteiger partial charge on any atom is 0.323 e. The molecule has 0 aromatic heterocycles. The highest BCUT2D eigenvalue weighted by Gasteiger charge is 2.16. The van der Waals surface area contributed by atoms with Crippen LogP contribution >= 0.6 is 0 Å². The van der Waals surface area contributed by atoms with Crippen LogP contribution < -0.4 is 5.73 Å². The number of nitrogens with zero attached hydrogens (tertiary/aromatic N) is 1. The molecule has 0 aliphatic heterocycles. The van der Waals surface area contributed by atoms with Gasteiger partial charge in [-0.2, -0.15) is 0 Å². The van der Waals surface area contributed by atoms with Crippen LogP contribution in [0.4, 0.5) is 0 Å². The van der Waals surface area contributed by atoms with Crippen LogP contribution in [0, 0.1) is 0 Å². The van der Waals surface area contributed by atoms with Crippen molar-refractivity contribution in [1.82, 2.24) is 4.90 Å². The number of rotatable bonds is 7. The highest BCUT2D eigenvalue weighted by atomic mass is 16.4. The highest BCUT2D eigenvalue weighted by molar-refractivity contribution is 5.83. The van der Waals surface area contributed by atoms with Crippen molar-refractivity contribution in [1.29, 1.82) is 0 Å². The van der Waals surface area contributed by atoms with Gasteiger partial charge in [0.2, 0.25) is 5.91 Å². The molecule has 0 radical (unpaired) electrons. The number of carbonyl (C=O) groups is 2. The first-order valence-corrected chi connectivity index (χ1v) is 5.95. The summed E-state index contributed by atoms with van der Waals surface area (Å²) in [5.74, 6) is -1.29. The van der Waals surface area contributed by atoms with E-state index in [9.17, 15) is 9.59 Å². The molecule has 0 aliphatic carbocycles. The van der Waals surface area contributed by atoms with Crippen LogP contribution in [0.1, 0.15) is 11.1 Å². The molecule has 1 aromatic rings. The van der Waals surface area contributed by atoms with Crippen molar-refractivity contribution in [2.75, 3.05) is 13.1 Å². The summed E-state index contributed by atoms with van der Waals surface area (Å²) in [7, 11) is 0. The van der Waals surface area contributed by atoms with Gasteiger partial charge >= 0.3 is 5.97 Å². The maximum absolute atomic E-state index is 12.1. The molecule has 0 bridgehead atoms. The zero-order chi connectivity index (χ0) is 14.3. The van der Waals surface area contributed by atoms with Gasteiger partial charge in [-0.25, -0.2) is 0 Å². The van der Waals surface area contributed by atoms with E-state index in [1.54, 1.807) is 0 Å². The lowest BCUT2D eigenvalue weighted by Gasteiger charge is -2.19. The Kier molecular flexibility index (Phi) is 5.75. The normalized spacial score (nSPS) is 9.95. The zero-order valence-corrected chi connectivity index (χ0v) is 10.7. The third-order valence-electron chi connectivity index (χ3n) is 2.71. The SMILES string of the molecule is C=CCN(CC(=O)O)C(=O)Cc1ccccc1CN. The fourth-order valence-corrected chi connectivity index (χ4v) is 1.78. The van der Waals surface area contributed by atoms with Gasteiger partial charge in [0.15, 0.2) is 0 Å². The number of carboxylic acids is 1. The van der Waals surface area contributed by atoms with Gasteiger partial charge in [-0.3, -0.25) is 9.59 Å². The van der Waals surface area contributed by atoms with E-state index in [2.05, 4.69) is 6.58 Å². The summed E-state index contributed by atoms with van der Waals surface area (Å²) in [6.45, 7) is 3.77. The molecule has 0 heterocycles. The number of aliphatic carboxylic acids is 1. The fourth-order valence-electron chi connectivity index (χ4n) is 1.78. The second-order valence-corrected chi connectivity index (χ2v) is 4.11. The zero-order valence-electron chi connectivity index (χ0n) is 10.7. The number of carboxylic acid groups (broad SMARTS) is 1. The van der Waals surface area contributed by atoms with Gasteiger partial charge in [-0.1, -0.05) is 30.3 Å². The Bertz CT molecular complexity index is 472. The summed E-state index contributed by atoms with van der Waals surface area (Å²) < 4.78 is 0. The Hall–Kier alpha value is -2.14. The van der Waals surface area contributed by atoms with E-state index in [-0.39, 0.29) is 25.4 Å². The Morgan fingerprint density at radius 2 is 1.95 bits per heavy atom. The molecular formula is C14H18N2O3.